The number of hydrogen-bond donors (Lipinski definition) is 1. The number of carbonyl (C=O) groups is 1. The van der Waals surface area contributed by atoms with Crippen LogP contribution in [0.1, 0.15) is 12.5 Å². The molecule has 0 aliphatic rings. The van der Waals surface area contributed by atoms with Crippen molar-refractivity contribution in [2.45, 2.75) is 20.0 Å². The third-order valence-corrected chi connectivity index (χ3v) is 3.41. The van der Waals surface area contributed by atoms with Crippen LogP contribution in [0.15, 0.2) is 53.0 Å². The number of nitrogens with one attached hydrogen (secondary N) is 1. The van der Waals surface area contributed by atoms with Crippen LogP contribution in [0.4, 0.5) is 5.69 Å². The molecule has 0 heterocycles. The number of anilines is 1. The molecule has 2 aromatic carbocycles. The van der Waals surface area contributed by atoms with Crippen molar-refractivity contribution >= 4 is 27.5 Å². The maximum Gasteiger partial charge on any atom is 0.265 e. The molecule has 0 aromatic heterocycles. The molecule has 3 nitrogen and oxygen atoms in total. The fourth-order valence-electron chi connectivity index (χ4n) is 1.71. The molecule has 1 atom stereocenters. The molecule has 20 heavy (non-hydrogen) atoms. The number of para-hydroxylation sites is 1. The summed E-state index contributed by atoms with van der Waals surface area (Å²) < 4.78 is 6.65. The number of benzene rings is 2. The van der Waals surface area contributed by atoms with Crippen molar-refractivity contribution in [2.75, 3.05) is 5.32 Å². The van der Waals surface area contributed by atoms with Crippen LogP contribution >= 0.6 is 15.9 Å². The van der Waals surface area contributed by atoms with Crippen LogP contribution in [0.25, 0.3) is 0 Å². The van der Waals surface area contributed by atoms with Gasteiger partial charge in [-0.05, 0) is 49.7 Å². The van der Waals surface area contributed by atoms with E-state index in [2.05, 4.69) is 21.2 Å². The molecule has 0 saturated carbocycles. The molecule has 0 unspecified atom stereocenters. The Morgan fingerprint density at radius 1 is 1.15 bits per heavy atom. The predicted molar refractivity (Wildman–Crippen MR) is 84.0 cm³/mol. The zero-order valence-electron chi connectivity index (χ0n) is 11.4. The number of carbonyl (C=O) groups excluding carboxylic acids is 1. The Hall–Kier alpha value is -1.81. The van der Waals surface area contributed by atoms with Gasteiger partial charge in [-0.25, -0.2) is 0 Å². The van der Waals surface area contributed by atoms with E-state index < -0.39 is 6.10 Å². The third kappa shape index (κ3) is 3.84. The van der Waals surface area contributed by atoms with Crippen molar-refractivity contribution in [2.24, 2.45) is 0 Å². The molecule has 2 rings (SSSR count). The monoisotopic (exact) mass is 333 g/mol. The second-order valence-electron chi connectivity index (χ2n) is 4.52. The molecule has 0 radical (unpaired) electrons. The minimum absolute atomic E-state index is 0.171. The third-order valence-electron chi connectivity index (χ3n) is 2.88. The van der Waals surface area contributed by atoms with Gasteiger partial charge in [0.1, 0.15) is 5.75 Å². The van der Waals surface area contributed by atoms with Crippen LogP contribution in [0.3, 0.4) is 0 Å². The van der Waals surface area contributed by atoms with E-state index in [1.54, 1.807) is 6.92 Å². The van der Waals surface area contributed by atoms with Gasteiger partial charge in [0.05, 0.1) is 0 Å². The summed E-state index contributed by atoms with van der Waals surface area (Å²) in [5.41, 5.74) is 1.76. The van der Waals surface area contributed by atoms with E-state index in [4.69, 9.17) is 4.74 Å². The number of halogens is 1. The Bertz CT molecular complexity index is 596. The van der Waals surface area contributed by atoms with Crippen molar-refractivity contribution in [1.82, 2.24) is 0 Å². The Morgan fingerprint density at radius 3 is 2.45 bits per heavy atom. The van der Waals surface area contributed by atoms with Gasteiger partial charge in [-0.15, -0.1) is 0 Å². The number of rotatable bonds is 4. The van der Waals surface area contributed by atoms with Crippen molar-refractivity contribution in [1.29, 1.82) is 0 Å². The largest absolute Gasteiger partial charge is 0.481 e. The van der Waals surface area contributed by atoms with Crippen LogP contribution in [0.5, 0.6) is 5.75 Å². The second kappa shape index (κ2) is 6.57. The molecule has 0 saturated heterocycles. The fraction of sp³-hybridized carbons (Fsp3) is 0.188. The molecule has 0 aliphatic heterocycles. The smallest absolute Gasteiger partial charge is 0.265 e. The van der Waals surface area contributed by atoms with E-state index in [-0.39, 0.29) is 5.91 Å². The quantitative estimate of drug-likeness (QED) is 0.912. The Labute approximate surface area is 127 Å². The van der Waals surface area contributed by atoms with Crippen LogP contribution in [0, 0.1) is 6.92 Å². The molecule has 0 spiro atoms. The summed E-state index contributed by atoms with van der Waals surface area (Å²) in [6.45, 7) is 3.69. The van der Waals surface area contributed by atoms with Gasteiger partial charge in [-0.3, -0.25) is 4.79 Å². The number of amides is 1. The summed E-state index contributed by atoms with van der Waals surface area (Å²) >= 11 is 3.36. The maximum absolute atomic E-state index is 12.1. The van der Waals surface area contributed by atoms with Gasteiger partial charge in [-0.1, -0.05) is 34.1 Å². The Morgan fingerprint density at radius 2 is 1.80 bits per heavy atom. The van der Waals surface area contributed by atoms with Crippen molar-refractivity contribution < 1.29 is 9.53 Å². The van der Waals surface area contributed by atoms with E-state index in [0.717, 1.165) is 21.5 Å². The van der Waals surface area contributed by atoms with Gasteiger partial charge < -0.3 is 10.1 Å². The molecule has 4 heteroatoms. The zero-order valence-corrected chi connectivity index (χ0v) is 13.0. The average Bonchev–Trinajstić information content (AvgIpc) is 2.44. The lowest BCUT2D eigenvalue weighted by Gasteiger charge is -2.16. The predicted octanol–water partition coefficient (Wildman–Crippen LogP) is 4.16. The van der Waals surface area contributed by atoms with Crippen molar-refractivity contribution in [3.05, 3.63) is 58.6 Å². The summed E-state index contributed by atoms with van der Waals surface area (Å²) in [6, 6.07) is 15.1. The number of hydrogen-bond acceptors (Lipinski definition) is 2. The van der Waals surface area contributed by atoms with E-state index in [9.17, 15) is 4.79 Å². The first-order valence-electron chi connectivity index (χ1n) is 6.35. The van der Waals surface area contributed by atoms with Crippen LogP contribution < -0.4 is 10.1 Å². The molecule has 1 amide bonds. The molecule has 0 fully saturated rings. The lowest BCUT2D eigenvalue weighted by Crippen LogP contribution is -2.30. The van der Waals surface area contributed by atoms with Gasteiger partial charge in [-0.2, -0.15) is 0 Å². The first-order valence-corrected chi connectivity index (χ1v) is 7.14. The molecule has 1 N–H and O–H groups in total. The van der Waals surface area contributed by atoms with Crippen LogP contribution in [0.2, 0.25) is 0 Å². The maximum atomic E-state index is 12.1. The van der Waals surface area contributed by atoms with Crippen LogP contribution in [-0.2, 0) is 4.79 Å². The van der Waals surface area contributed by atoms with Crippen molar-refractivity contribution in [3.8, 4) is 5.75 Å². The Balaban J connectivity index is 1.99. The fourth-order valence-corrected chi connectivity index (χ4v) is 1.97. The molecule has 104 valence electrons. The van der Waals surface area contributed by atoms with E-state index in [0.29, 0.717) is 0 Å². The summed E-state index contributed by atoms with van der Waals surface area (Å²) in [5.74, 6) is 0.557. The molecule has 0 aliphatic carbocycles. The summed E-state index contributed by atoms with van der Waals surface area (Å²) in [6.07, 6.45) is -0.556. The molecule has 0 bridgehead atoms. The van der Waals surface area contributed by atoms with Gasteiger partial charge in [0.15, 0.2) is 6.10 Å². The van der Waals surface area contributed by atoms with E-state index >= 15 is 0 Å². The first-order chi connectivity index (χ1) is 9.56. The van der Waals surface area contributed by atoms with Gasteiger partial charge in [0.25, 0.3) is 5.91 Å². The highest BCUT2D eigenvalue weighted by molar-refractivity contribution is 9.10. The van der Waals surface area contributed by atoms with Gasteiger partial charge in [0.2, 0.25) is 0 Å². The normalized spacial score (nSPS) is 11.8. The highest BCUT2D eigenvalue weighted by atomic mass is 79.9. The molecular weight excluding hydrogens is 318 g/mol. The second-order valence-corrected chi connectivity index (χ2v) is 5.44. The summed E-state index contributed by atoms with van der Waals surface area (Å²) in [5, 5.41) is 2.82. The zero-order chi connectivity index (χ0) is 14.5. The summed E-state index contributed by atoms with van der Waals surface area (Å²) in [4.78, 5) is 12.1. The lowest BCUT2D eigenvalue weighted by atomic mass is 10.2. The minimum atomic E-state index is -0.556. The first kappa shape index (κ1) is 14.6. The summed E-state index contributed by atoms with van der Waals surface area (Å²) in [7, 11) is 0. The van der Waals surface area contributed by atoms with Crippen molar-refractivity contribution in [3.63, 3.8) is 0 Å². The number of aryl methyl sites for hydroxylation is 1. The van der Waals surface area contributed by atoms with Crippen LogP contribution in [-0.4, -0.2) is 12.0 Å². The van der Waals surface area contributed by atoms with E-state index in [1.165, 1.54) is 0 Å². The van der Waals surface area contributed by atoms with Gasteiger partial charge >= 0.3 is 0 Å². The lowest BCUT2D eigenvalue weighted by molar-refractivity contribution is -0.122. The highest BCUT2D eigenvalue weighted by Gasteiger charge is 2.15. The molecular formula is C16H16BrNO2. The Kier molecular flexibility index (Phi) is 4.79. The highest BCUT2D eigenvalue weighted by Crippen LogP contribution is 2.19. The van der Waals surface area contributed by atoms with E-state index in [1.807, 2.05) is 55.5 Å². The standard InChI is InChI=1S/C16H16BrNO2/c1-11-5-3-4-6-15(11)20-12(2)16(19)18-14-9-7-13(17)8-10-14/h3-10,12H,1-2H3,(H,18,19)/t12-/m0/s1. The topological polar surface area (TPSA) is 38.3 Å². The average molecular weight is 334 g/mol. The number of ether oxygens (including phenoxy) is 1. The van der Waals surface area contributed by atoms with Gasteiger partial charge in [0, 0.05) is 10.2 Å². The molecule has 2 aromatic rings. The SMILES string of the molecule is Cc1ccccc1O[C@@H](C)C(=O)Nc1ccc(Br)cc1. The minimum Gasteiger partial charge on any atom is -0.481 e.